The van der Waals surface area contributed by atoms with Crippen molar-refractivity contribution in [3.05, 3.63) is 0 Å². The van der Waals surface area contributed by atoms with Gasteiger partial charge in [0.25, 0.3) is 0 Å². The molecule has 0 rings (SSSR count). The lowest BCUT2D eigenvalue weighted by Gasteiger charge is -2.37. The number of esters is 6. The molecular weight excluding hydrogens is 436 g/mol. The number of methoxy groups -OCH3 is 1. The van der Waals surface area contributed by atoms with Gasteiger partial charge in [0.1, 0.15) is 6.61 Å². The first kappa shape index (κ1) is 28.8. The summed E-state index contributed by atoms with van der Waals surface area (Å²) in [5.41, 5.74) is 0. The first-order valence-electron chi connectivity index (χ1n) is 9.30. The van der Waals surface area contributed by atoms with E-state index in [9.17, 15) is 28.8 Å². The minimum absolute atomic E-state index is 0.609. The van der Waals surface area contributed by atoms with Gasteiger partial charge in [-0.3, -0.25) is 28.8 Å². The highest BCUT2D eigenvalue weighted by Crippen LogP contribution is 2.23. The Kier molecular flexibility index (Phi) is 12.6. The summed E-state index contributed by atoms with van der Waals surface area (Å²) in [7, 11) is 1.11. The summed E-state index contributed by atoms with van der Waals surface area (Å²) >= 11 is 0. The van der Waals surface area contributed by atoms with Crippen molar-refractivity contribution in [3.63, 3.8) is 0 Å². The third-order valence-electron chi connectivity index (χ3n) is 3.47. The van der Waals surface area contributed by atoms with Crippen LogP contribution in [0.3, 0.4) is 0 Å². The molecule has 0 heterocycles. The first-order valence-corrected chi connectivity index (χ1v) is 9.30. The van der Waals surface area contributed by atoms with Gasteiger partial charge in [0.15, 0.2) is 18.3 Å². The lowest BCUT2D eigenvalue weighted by Crippen LogP contribution is -2.57. The number of rotatable bonds is 12. The van der Waals surface area contributed by atoms with E-state index in [0.29, 0.717) is 0 Å². The van der Waals surface area contributed by atoms with Crippen molar-refractivity contribution in [1.29, 1.82) is 0 Å². The average molecular weight is 464 g/mol. The van der Waals surface area contributed by atoms with E-state index in [2.05, 4.69) is 0 Å². The fourth-order valence-corrected chi connectivity index (χ4v) is 2.55. The third-order valence-corrected chi connectivity index (χ3v) is 3.47. The molecule has 0 saturated carbocycles. The highest BCUT2D eigenvalue weighted by molar-refractivity contribution is 5.69. The zero-order valence-corrected chi connectivity index (χ0v) is 18.9. The van der Waals surface area contributed by atoms with Gasteiger partial charge in [-0.1, -0.05) is 0 Å². The second-order valence-electron chi connectivity index (χ2n) is 6.39. The van der Waals surface area contributed by atoms with Crippen LogP contribution in [0.15, 0.2) is 0 Å². The molecule has 0 aliphatic heterocycles. The number of hydrogen-bond acceptors (Lipinski definition) is 13. The minimum atomic E-state index is -1.72. The van der Waals surface area contributed by atoms with Gasteiger partial charge < -0.3 is 33.2 Å². The molecule has 0 fully saturated rings. The van der Waals surface area contributed by atoms with Crippen molar-refractivity contribution in [2.24, 2.45) is 0 Å². The number of ether oxygens (including phenoxy) is 7. The number of hydrogen-bond donors (Lipinski definition) is 0. The van der Waals surface area contributed by atoms with Crippen molar-refractivity contribution >= 4 is 35.8 Å². The Hall–Kier alpha value is -3.22. The Labute approximate surface area is 184 Å². The fourth-order valence-electron chi connectivity index (χ4n) is 2.55. The monoisotopic (exact) mass is 464 g/mol. The second-order valence-corrected chi connectivity index (χ2v) is 6.39. The largest absolute Gasteiger partial charge is 0.462 e. The molecule has 5 atom stereocenters. The van der Waals surface area contributed by atoms with Crippen molar-refractivity contribution < 1.29 is 61.9 Å². The summed E-state index contributed by atoms with van der Waals surface area (Å²) < 4.78 is 35.6. The molecule has 0 N–H and O–H groups in total. The topological polar surface area (TPSA) is 167 Å². The van der Waals surface area contributed by atoms with Crippen LogP contribution >= 0.6 is 0 Å². The Morgan fingerprint density at radius 1 is 0.531 bits per heavy atom. The smallest absolute Gasteiger partial charge is 0.305 e. The van der Waals surface area contributed by atoms with Crippen LogP contribution in [0.4, 0.5) is 0 Å². The van der Waals surface area contributed by atoms with E-state index in [1.54, 1.807) is 0 Å². The van der Waals surface area contributed by atoms with E-state index < -0.39 is 73.1 Å². The molecule has 0 aromatic heterocycles. The van der Waals surface area contributed by atoms with E-state index >= 15 is 0 Å². The molecule has 13 nitrogen and oxygen atoms in total. The van der Waals surface area contributed by atoms with E-state index in [1.165, 1.54) is 0 Å². The van der Waals surface area contributed by atoms with Crippen molar-refractivity contribution in [2.75, 3.05) is 13.7 Å². The summed E-state index contributed by atoms with van der Waals surface area (Å²) in [4.78, 5) is 69.8. The van der Waals surface area contributed by atoms with Gasteiger partial charge in [0.2, 0.25) is 12.4 Å². The van der Waals surface area contributed by atoms with Gasteiger partial charge in [0.05, 0.1) is 0 Å². The standard InChI is InChI=1S/C19H28O13/c1-9(20)27-8-15(28-10(2)21)16(29-11(3)22)17(30-12(4)23)18(31-13(5)24)19(26-7)32-14(6)25/h15-19H,8H2,1-7H3/t15-,16-,17+,18+,19-/m1/s1. The summed E-state index contributed by atoms with van der Waals surface area (Å²) in [6.07, 6.45) is -8.19. The normalized spacial score (nSPS) is 15.1. The van der Waals surface area contributed by atoms with Gasteiger partial charge in [-0.25, -0.2) is 0 Å². The molecular formula is C19H28O13. The van der Waals surface area contributed by atoms with E-state index in [4.69, 9.17) is 33.2 Å². The van der Waals surface area contributed by atoms with E-state index in [1.807, 2.05) is 0 Å². The molecule has 0 aliphatic rings. The van der Waals surface area contributed by atoms with Crippen LogP contribution in [0.25, 0.3) is 0 Å². The molecule has 0 spiro atoms. The Morgan fingerprint density at radius 2 is 0.938 bits per heavy atom. The van der Waals surface area contributed by atoms with E-state index in [0.717, 1.165) is 48.7 Å². The van der Waals surface area contributed by atoms with Gasteiger partial charge in [-0.05, 0) is 0 Å². The van der Waals surface area contributed by atoms with Gasteiger partial charge in [-0.2, -0.15) is 0 Å². The number of carbonyl (C=O) groups excluding carboxylic acids is 6. The Bertz CT molecular complexity index is 701. The molecule has 0 aromatic carbocycles. The predicted molar refractivity (Wildman–Crippen MR) is 101 cm³/mol. The average Bonchev–Trinajstić information content (AvgIpc) is 2.63. The molecule has 182 valence electrons. The lowest BCUT2D eigenvalue weighted by atomic mass is 10.0. The summed E-state index contributed by atoms with van der Waals surface area (Å²) in [6, 6.07) is 0. The van der Waals surface area contributed by atoms with Crippen molar-refractivity contribution in [2.45, 2.75) is 72.2 Å². The summed E-state index contributed by atoms with van der Waals surface area (Å²) in [6.45, 7) is 5.58. The summed E-state index contributed by atoms with van der Waals surface area (Å²) in [5.74, 6) is -5.17. The maximum absolute atomic E-state index is 11.8. The molecule has 13 heteroatoms. The molecule has 0 unspecified atom stereocenters. The molecule has 0 aliphatic carbocycles. The van der Waals surface area contributed by atoms with Crippen LogP contribution in [0.5, 0.6) is 0 Å². The van der Waals surface area contributed by atoms with E-state index in [-0.39, 0.29) is 0 Å². The minimum Gasteiger partial charge on any atom is -0.462 e. The molecule has 0 radical (unpaired) electrons. The van der Waals surface area contributed by atoms with Crippen LogP contribution in [0, 0.1) is 0 Å². The van der Waals surface area contributed by atoms with Crippen LogP contribution in [0.1, 0.15) is 41.5 Å². The van der Waals surface area contributed by atoms with Crippen molar-refractivity contribution in [3.8, 4) is 0 Å². The molecule has 0 bridgehead atoms. The second kappa shape index (κ2) is 14.0. The SMILES string of the molecule is CO[C@H](OC(C)=O)[C@@H](OC(C)=O)[C@@H](OC(C)=O)[C@H](OC(C)=O)[C@@H](COC(C)=O)OC(C)=O. The quantitative estimate of drug-likeness (QED) is 0.212. The van der Waals surface area contributed by atoms with Gasteiger partial charge >= 0.3 is 35.8 Å². The summed E-state index contributed by atoms with van der Waals surface area (Å²) in [5, 5.41) is 0. The van der Waals surface area contributed by atoms with Crippen LogP contribution in [-0.4, -0.2) is 80.2 Å². The van der Waals surface area contributed by atoms with Crippen LogP contribution < -0.4 is 0 Å². The van der Waals surface area contributed by atoms with Crippen LogP contribution in [0.2, 0.25) is 0 Å². The lowest BCUT2D eigenvalue weighted by molar-refractivity contribution is -0.241. The zero-order chi connectivity index (χ0) is 25.0. The molecule has 32 heavy (non-hydrogen) atoms. The first-order chi connectivity index (χ1) is 14.8. The highest BCUT2D eigenvalue weighted by atomic mass is 16.7. The van der Waals surface area contributed by atoms with Crippen molar-refractivity contribution in [1.82, 2.24) is 0 Å². The van der Waals surface area contributed by atoms with Crippen LogP contribution in [-0.2, 0) is 61.9 Å². The Balaban J connectivity index is 6.54. The predicted octanol–water partition coefficient (Wildman–Crippen LogP) is -0.188. The number of carbonyl (C=O) groups is 6. The molecule has 0 amide bonds. The van der Waals surface area contributed by atoms with Gasteiger partial charge in [-0.15, -0.1) is 0 Å². The fraction of sp³-hybridized carbons (Fsp3) is 0.684. The Morgan fingerprint density at radius 3 is 1.31 bits per heavy atom. The third kappa shape index (κ3) is 11.2. The maximum atomic E-state index is 11.8. The zero-order valence-electron chi connectivity index (χ0n) is 18.9. The highest BCUT2D eigenvalue weighted by Gasteiger charge is 2.48. The molecule has 0 aromatic rings. The molecule has 0 saturated heterocycles. The van der Waals surface area contributed by atoms with Gasteiger partial charge in [0, 0.05) is 48.7 Å². The maximum Gasteiger partial charge on any atom is 0.305 e.